The fourth-order valence-electron chi connectivity index (χ4n) is 9.79. The van der Waals surface area contributed by atoms with Crippen LogP contribution >= 0.6 is 15.9 Å². The van der Waals surface area contributed by atoms with Gasteiger partial charge in [-0.1, -0.05) is 90.7 Å². The number of hydrogen-bond donors (Lipinski definition) is 0. The third kappa shape index (κ3) is 5.26. The second kappa shape index (κ2) is 10.1. The summed E-state index contributed by atoms with van der Waals surface area (Å²) in [6.45, 7) is 29.3. The van der Waals surface area contributed by atoms with Gasteiger partial charge in [-0.2, -0.15) is 0 Å². The number of rotatable bonds is 5. The summed E-state index contributed by atoms with van der Waals surface area (Å²) in [5.41, 5.74) is 2.26. The SMILES string of the molecule is CC1(C)CCC(CC[C@]2(C)C(=O)CC[C@@H]3[C@@]4(C)CC[C@H](O[Si](C)(C)C(C)(C)C)C(C)(C)[C@@H]4CC[C@]32C)=C(Br)C1. The lowest BCUT2D eigenvalue weighted by Crippen LogP contribution is -2.65. The van der Waals surface area contributed by atoms with Crippen molar-refractivity contribution in [3.63, 3.8) is 0 Å². The highest BCUT2D eigenvalue weighted by molar-refractivity contribution is 9.11. The third-order valence-electron chi connectivity index (χ3n) is 13.8. The molecule has 0 spiro atoms. The Morgan fingerprint density at radius 3 is 2.13 bits per heavy atom. The maximum absolute atomic E-state index is 13.9. The Balaban J connectivity index is 1.60. The Kier molecular flexibility index (Phi) is 8.26. The van der Waals surface area contributed by atoms with Gasteiger partial charge >= 0.3 is 0 Å². The normalized spacial score (nSPS) is 40.7. The first kappa shape index (κ1) is 32.0. The van der Waals surface area contributed by atoms with E-state index in [1.165, 1.54) is 43.0 Å². The van der Waals surface area contributed by atoms with E-state index in [0.29, 0.717) is 29.1 Å². The van der Waals surface area contributed by atoms with Gasteiger partial charge in [-0.05, 0) is 120 Å². The standard InChI is InChI=1S/C35H61BrO2Si/c1-30(2,3)39(11,12)38-29-18-20-33(8)26(32(29,6)7)17-22-34(9)27(33)13-14-28(37)35(34,10)21-16-24-15-19-31(4,5)23-25(24)36/h26-27,29H,13-23H2,1-12H3/t26-,27+,29-,33-,34+,35+/m0/s1. The summed E-state index contributed by atoms with van der Waals surface area (Å²) in [5, 5.41) is 0.235. The summed E-state index contributed by atoms with van der Waals surface area (Å²) >= 11 is 3.96. The second-order valence-electron chi connectivity index (χ2n) is 17.9. The van der Waals surface area contributed by atoms with E-state index < -0.39 is 8.32 Å². The predicted octanol–water partition coefficient (Wildman–Crippen LogP) is 11.2. The summed E-state index contributed by atoms with van der Waals surface area (Å²) in [7, 11) is -1.84. The molecule has 2 nitrogen and oxygen atoms in total. The zero-order chi connectivity index (χ0) is 29.4. The van der Waals surface area contributed by atoms with Crippen molar-refractivity contribution in [2.75, 3.05) is 0 Å². The van der Waals surface area contributed by atoms with Crippen molar-refractivity contribution >= 4 is 30.0 Å². The van der Waals surface area contributed by atoms with Gasteiger partial charge in [0, 0.05) is 11.8 Å². The first-order valence-corrected chi connectivity index (χ1v) is 19.9. The van der Waals surface area contributed by atoms with Crippen LogP contribution < -0.4 is 0 Å². The molecule has 0 heterocycles. The number of halogens is 1. The van der Waals surface area contributed by atoms with E-state index in [-0.39, 0.29) is 26.7 Å². The van der Waals surface area contributed by atoms with Crippen molar-refractivity contribution in [2.45, 2.75) is 164 Å². The van der Waals surface area contributed by atoms with Gasteiger partial charge in [-0.25, -0.2) is 0 Å². The Hall–Kier alpha value is 0.0669. The van der Waals surface area contributed by atoms with E-state index in [1.807, 2.05) is 0 Å². The number of allylic oxidation sites excluding steroid dienone is 2. The molecule has 0 amide bonds. The van der Waals surface area contributed by atoms with Crippen molar-refractivity contribution in [3.05, 3.63) is 10.1 Å². The zero-order valence-electron chi connectivity index (χ0n) is 27.7. The van der Waals surface area contributed by atoms with Crippen LogP contribution in [0, 0.1) is 38.9 Å². The molecular weight excluding hydrogens is 560 g/mol. The zero-order valence-corrected chi connectivity index (χ0v) is 30.3. The Morgan fingerprint density at radius 2 is 1.54 bits per heavy atom. The summed E-state index contributed by atoms with van der Waals surface area (Å²) in [4.78, 5) is 13.9. The highest BCUT2D eigenvalue weighted by atomic mass is 79.9. The van der Waals surface area contributed by atoms with E-state index in [2.05, 4.69) is 98.3 Å². The summed E-state index contributed by atoms with van der Waals surface area (Å²) in [5.74, 6) is 1.81. The quantitative estimate of drug-likeness (QED) is 0.286. The van der Waals surface area contributed by atoms with Crippen LogP contribution in [0.4, 0.5) is 0 Å². The number of hydrogen-bond acceptors (Lipinski definition) is 2. The molecule has 4 heteroatoms. The fraction of sp³-hybridized carbons (Fsp3) is 0.914. The van der Waals surface area contributed by atoms with Gasteiger partial charge in [-0.3, -0.25) is 4.79 Å². The lowest BCUT2D eigenvalue weighted by atomic mass is 9.36. The molecule has 4 aliphatic rings. The average Bonchev–Trinajstić information content (AvgIpc) is 2.77. The van der Waals surface area contributed by atoms with Crippen LogP contribution in [0.15, 0.2) is 10.1 Å². The molecule has 39 heavy (non-hydrogen) atoms. The fourth-order valence-corrected chi connectivity index (χ4v) is 12.4. The highest BCUT2D eigenvalue weighted by Gasteiger charge is 2.67. The van der Waals surface area contributed by atoms with Crippen molar-refractivity contribution in [1.29, 1.82) is 0 Å². The molecule has 224 valence electrons. The van der Waals surface area contributed by atoms with Crippen molar-refractivity contribution in [3.8, 4) is 0 Å². The lowest BCUT2D eigenvalue weighted by Gasteiger charge is -2.69. The molecule has 3 fully saturated rings. The molecule has 0 aromatic heterocycles. The maximum Gasteiger partial charge on any atom is 0.192 e. The minimum Gasteiger partial charge on any atom is -0.413 e. The van der Waals surface area contributed by atoms with Gasteiger partial charge < -0.3 is 4.43 Å². The van der Waals surface area contributed by atoms with Gasteiger partial charge in [-0.15, -0.1) is 0 Å². The van der Waals surface area contributed by atoms with Crippen LogP contribution in [0.1, 0.15) is 140 Å². The van der Waals surface area contributed by atoms with Gasteiger partial charge in [0.05, 0.1) is 6.10 Å². The van der Waals surface area contributed by atoms with Crippen molar-refractivity contribution in [1.82, 2.24) is 0 Å². The summed E-state index contributed by atoms with van der Waals surface area (Å²) in [6.07, 6.45) is 12.7. The first-order valence-electron chi connectivity index (χ1n) is 16.2. The molecule has 0 aromatic carbocycles. The summed E-state index contributed by atoms with van der Waals surface area (Å²) in [6, 6.07) is 0. The van der Waals surface area contributed by atoms with E-state index >= 15 is 0 Å². The second-order valence-corrected chi connectivity index (χ2v) is 23.7. The van der Waals surface area contributed by atoms with Gasteiger partial charge in [0.2, 0.25) is 0 Å². The van der Waals surface area contributed by atoms with Gasteiger partial charge in [0.25, 0.3) is 0 Å². The molecule has 0 N–H and O–H groups in total. The molecule has 3 saturated carbocycles. The molecule has 0 aromatic rings. The highest BCUT2D eigenvalue weighted by Crippen LogP contribution is 2.71. The van der Waals surface area contributed by atoms with Crippen LogP contribution in [-0.4, -0.2) is 20.2 Å². The van der Waals surface area contributed by atoms with Crippen molar-refractivity contribution < 1.29 is 9.22 Å². The monoisotopic (exact) mass is 620 g/mol. The topological polar surface area (TPSA) is 26.3 Å². The average molecular weight is 622 g/mol. The van der Waals surface area contributed by atoms with Crippen LogP contribution in [0.25, 0.3) is 0 Å². The molecule has 0 saturated heterocycles. The molecule has 6 atom stereocenters. The van der Waals surface area contributed by atoms with Crippen molar-refractivity contribution in [2.24, 2.45) is 38.9 Å². The first-order chi connectivity index (χ1) is 17.6. The third-order valence-corrected chi connectivity index (χ3v) is 19.1. The maximum atomic E-state index is 13.9. The Morgan fingerprint density at radius 1 is 0.897 bits per heavy atom. The summed E-state index contributed by atoms with van der Waals surface area (Å²) < 4.78 is 8.60. The van der Waals surface area contributed by atoms with E-state index in [4.69, 9.17) is 4.43 Å². The Bertz CT molecular complexity index is 1000. The minimum atomic E-state index is -1.84. The number of fused-ring (bicyclic) bond motifs is 3. The molecule has 0 radical (unpaired) electrons. The number of Topliss-reactive ketones (excluding diaryl/α,β-unsaturated/α-hetero) is 1. The Labute approximate surface area is 251 Å². The molecule has 0 aliphatic heterocycles. The van der Waals surface area contributed by atoms with Crippen LogP contribution in [0.2, 0.25) is 18.1 Å². The van der Waals surface area contributed by atoms with E-state index in [1.54, 1.807) is 5.57 Å². The van der Waals surface area contributed by atoms with Gasteiger partial charge in [0.1, 0.15) is 5.78 Å². The predicted molar refractivity (Wildman–Crippen MR) is 173 cm³/mol. The van der Waals surface area contributed by atoms with Crippen LogP contribution in [0.3, 0.4) is 0 Å². The number of carbonyl (C=O) groups is 1. The lowest BCUT2D eigenvalue weighted by molar-refractivity contribution is -0.208. The minimum absolute atomic E-state index is 0.0811. The molecule has 0 bridgehead atoms. The van der Waals surface area contributed by atoms with Crippen LogP contribution in [-0.2, 0) is 9.22 Å². The molecule has 4 aliphatic carbocycles. The van der Waals surface area contributed by atoms with E-state index in [9.17, 15) is 4.79 Å². The number of ketones is 1. The van der Waals surface area contributed by atoms with Gasteiger partial charge in [0.15, 0.2) is 8.32 Å². The largest absolute Gasteiger partial charge is 0.413 e. The van der Waals surface area contributed by atoms with Crippen LogP contribution in [0.5, 0.6) is 0 Å². The van der Waals surface area contributed by atoms with E-state index in [0.717, 1.165) is 32.1 Å². The number of carbonyl (C=O) groups excluding carboxylic acids is 1. The molecule has 4 rings (SSSR count). The molecule has 0 unspecified atom stereocenters. The smallest absolute Gasteiger partial charge is 0.192 e. The molecular formula is C35H61BrO2Si.